The lowest BCUT2D eigenvalue weighted by molar-refractivity contribution is 0.0693. The largest absolute Gasteiger partial charge is 0.496 e. The Morgan fingerprint density at radius 1 is 1.22 bits per heavy atom. The van der Waals surface area contributed by atoms with Gasteiger partial charge in [-0.15, -0.1) is 0 Å². The van der Waals surface area contributed by atoms with Crippen molar-refractivity contribution < 1.29 is 23.1 Å². The summed E-state index contributed by atoms with van der Waals surface area (Å²) in [5.74, 6) is -1.16. The number of aromatic carboxylic acids is 1. The molecular formula is C15H14BrNO5S. The Labute approximate surface area is 142 Å². The van der Waals surface area contributed by atoms with Crippen LogP contribution in [-0.2, 0) is 16.6 Å². The first kappa shape index (κ1) is 17.5. The molecule has 0 fully saturated rings. The molecule has 0 aromatic heterocycles. The number of carboxylic acid groups (broad SMARTS) is 1. The summed E-state index contributed by atoms with van der Waals surface area (Å²) in [6.45, 7) is 0.101. The number of hydrogen-bond donors (Lipinski definition) is 2. The van der Waals surface area contributed by atoms with E-state index in [0.717, 1.165) is 16.1 Å². The molecule has 0 aliphatic heterocycles. The van der Waals surface area contributed by atoms with Crippen molar-refractivity contribution in [2.24, 2.45) is 0 Å². The van der Waals surface area contributed by atoms with Crippen molar-refractivity contribution in [1.82, 2.24) is 4.72 Å². The van der Waals surface area contributed by atoms with Gasteiger partial charge in [0.25, 0.3) is 0 Å². The summed E-state index contributed by atoms with van der Waals surface area (Å²) >= 11 is 3.30. The number of halogens is 1. The summed E-state index contributed by atoms with van der Waals surface area (Å²) in [5.41, 5.74) is 0.572. The summed E-state index contributed by atoms with van der Waals surface area (Å²) in [7, 11) is -2.51. The number of sulfonamides is 1. The van der Waals surface area contributed by atoms with Gasteiger partial charge in [0.05, 0.1) is 12.0 Å². The summed E-state index contributed by atoms with van der Waals surface area (Å²) in [4.78, 5) is 11.0. The Hall–Kier alpha value is -1.90. The van der Waals surface area contributed by atoms with Crippen molar-refractivity contribution >= 4 is 31.9 Å². The molecule has 0 bridgehead atoms. The molecule has 0 aliphatic rings. The van der Waals surface area contributed by atoms with E-state index in [1.54, 1.807) is 24.3 Å². The highest BCUT2D eigenvalue weighted by Gasteiger charge is 2.19. The van der Waals surface area contributed by atoms with E-state index in [0.29, 0.717) is 0 Å². The van der Waals surface area contributed by atoms with E-state index >= 15 is 0 Å². The fraction of sp³-hybridized carbons (Fsp3) is 0.133. The van der Waals surface area contributed by atoms with Gasteiger partial charge in [-0.2, -0.15) is 0 Å². The monoisotopic (exact) mass is 399 g/mol. The van der Waals surface area contributed by atoms with Crippen LogP contribution in [0.5, 0.6) is 5.75 Å². The first-order valence-electron chi connectivity index (χ1n) is 6.49. The number of benzene rings is 2. The van der Waals surface area contributed by atoms with Crippen LogP contribution < -0.4 is 9.46 Å². The fourth-order valence-electron chi connectivity index (χ4n) is 1.89. The van der Waals surface area contributed by atoms with Gasteiger partial charge in [0.1, 0.15) is 11.3 Å². The molecule has 122 valence electrons. The lowest BCUT2D eigenvalue weighted by atomic mass is 10.2. The van der Waals surface area contributed by atoms with E-state index in [2.05, 4.69) is 20.7 Å². The quantitative estimate of drug-likeness (QED) is 0.778. The van der Waals surface area contributed by atoms with E-state index < -0.39 is 16.0 Å². The van der Waals surface area contributed by atoms with Gasteiger partial charge in [0.2, 0.25) is 10.0 Å². The highest BCUT2D eigenvalue weighted by atomic mass is 79.9. The van der Waals surface area contributed by atoms with Crippen molar-refractivity contribution in [3.05, 3.63) is 58.1 Å². The first-order chi connectivity index (χ1) is 10.8. The molecule has 2 aromatic carbocycles. The molecule has 8 heteroatoms. The summed E-state index contributed by atoms with van der Waals surface area (Å²) in [6.07, 6.45) is 0. The van der Waals surface area contributed by atoms with E-state index in [4.69, 9.17) is 9.84 Å². The molecule has 2 aromatic rings. The zero-order chi connectivity index (χ0) is 17.0. The molecule has 2 rings (SSSR count). The van der Waals surface area contributed by atoms with Gasteiger partial charge in [-0.3, -0.25) is 0 Å². The molecule has 0 saturated carbocycles. The zero-order valence-electron chi connectivity index (χ0n) is 12.1. The minimum Gasteiger partial charge on any atom is -0.496 e. The van der Waals surface area contributed by atoms with Crippen molar-refractivity contribution in [2.75, 3.05) is 7.11 Å². The molecule has 0 unspecified atom stereocenters. The van der Waals surface area contributed by atoms with Gasteiger partial charge < -0.3 is 9.84 Å². The minimum atomic E-state index is -3.83. The summed E-state index contributed by atoms with van der Waals surface area (Å²) < 4.78 is 32.8. The lowest BCUT2D eigenvalue weighted by Crippen LogP contribution is -2.23. The molecule has 0 heterocycles. The number of nitrogens with one attached hydrogen (secondary N) is 1. The van der Waals surface area contributed by atoms with E-state index in [1.807, 2.05) is 0 Å². The standard InChI is InChI=1S/C15H14BrNO5S/c1-22-14-7-6-12(8-13(14)15(18)19)23(20,21)17-9-10-2-4-11(16)5-3-10/h2-8,17H,9H2,1H3,(H,18,19). The van der Waals surface area contributed by atoms with Crippen LogP contribution in [0.15, 0.2) is 51.8 Å². The van der Waals surface area contributed by atoms with Crippen LogP contribution in [-0.4, -0.2) is 26.6 Å². The highest BCUT2D eigenvalue weighted by Crippen LogP contribution is 2.22. The number of carbonyl (C=O) groups is 1. The Morgan fingerprint density at radius 3 is 2.43 bits per heavy atom. The molecule has 0 atom stereocenters. The van der Waals surface area contributed by atoms with Gasteiger partial charge in [0.15, 0.2) is 0 Å². The molecular weight excluding hydrogens is 386 g/mol. The van der Waals surface area contributed by atoms with Crippen molar-refractivity contribution in [2.45, 2.75) is 11.4 Å². The molecule has 0 spiro atoms. The second kappa shape index (κ2) is 7.12. The van der Waals surface area contributed by atoms with E-state index in [-0.39, 0.29) is 22.8 Å². The van der Waals surface area contributed by atoms with Crippen molar-refractivity contribution in [3.63, 3.8) is 0 Å². The number of rotatable bonds is 6. The van der Waals surface area contributed by atoms with Gasteiger partial charge in [-0.1, -0.05) is 28.1 Å². The molecule has 0 saturated heterocycles. The van der Waals surface area contributed by atoms with E-state index in [9.17, 15) is 13.2 Å². The van der Waals surface area contributed by atoms with Crippen LogP contribution in [0.1, 0.15) is 15.9 Å². The second-order valence-corrected chi connectivity index (χ2v) is 7.30. The summed E-state index contributed by atoms with van der Waals surface area (Å²) in [6, 6.07) is 10.9. The molecule has 2 N–H and O–H groups in total. The van der Waals surface area contributed by atoms with Crippen LogP contribution in [0.2, 0.25) is 0 Å². The first-order valence-corrected chi connectivity index (χ1v) is 8.76. The van der Waals surface area contributed by atoms with Gasteiger partial charge >= 0.3 is 5.97 Å². The number of ether oxygens (including phenoxy) is 1. The average Bonchev–Trinajstić information content (AvgIpc) is 2.53. The second-order valence-electron chi connectivity index (χ2n) is 4.62. The fourth-order valence-corrected chi connectivity index (χ4v) is 3.19. The third kappa shape index (κ3) is 4.31. The van der Waals surface area contributed by atoms with Crippen LogP contribution >= 0.6 is 15.9 Å². The maximum atomic E-state index is 12.3. The predicted octanol–water partition coefficient (Wildman–Crippen LogP) is 2.63. The summed E-state index contributed by atoms with van der Waals surface area (Å²) in [5, 5.41) is 9.12. The Balaban J connectivity index is 2.23. The number of methoxy groups -OCH3 is 1. The lowest BCUT2D eigenvalue weighted by Gasteiger charge is -2.10. The third-order valence-electron chi connectivity index (χ3n) is 3.09. The van der Waals surface area contributed by atoms with Gasteiger partial charge in [0, 0.05) is 11.0 Å². The van der Waals surface area contributed by atoms with Crippen LogP contribution in [0.4, 0.5) is 0 Å². The van der Waals surface area contributed by atoms with E-state index in [1.165, 1.54) is 19.2 Å². The average molecular weight is 400 g/mol. The van der Waals surface area contributed by atoms with Crippen LogP contribution in [0.3, 0.4) is 0 Å². The van der Waals surface area contributed by atoms with Crippen LogP contribution in [0, 0.1) is 0 Å². The maximum Gasteiger partial charge on any atom is 0.339 e. The normalized spacial score (nSPS) is 11.2. The molecule has 0 amide bonds. The Morgan fingerprint density at radius 2 is 1.87 bits per heavy atom. The van der Waals surface area contributed by atoms with Gasteiger partial charge in [-0.25, -0.2) is 17.9 Å². The van der Waals surface area contributed by atoms with Gasteiger partial charge in [-0.05, 0) is 35.9 Å². The van der Waals surface area contributed by atoms with Crippen LogP contribution in [0.25, 0.3) is 0 Å². The molecule has 0 radical (unpaired) electrons. The SMILES string of the molecule is COc1ccc(S(=O)(=O)NCc2ccc(Br)cc2)cc1C(=O)O. The molecule has 23 heavy (non-hydrogen) atoms. The Kier molecular flexibility index (Phi) is 5.40. The zero-order valence-corrected chi connectivity index (χ0v) is 14.5. The smallest absolute Gasteiger partial charge is 0.339 e. The van der Waals surface area contributed by atoms with Crippen molar-refractivity contribution in [1.29, 1.82) is 0 Å². The number of hydrogen-bond acceptors (Lipinski definition) is 4. The molecule has 6 nitrogen and oxygen atoms in total. The van der Waals surface area contributed by atoms with Crippen molar-refractivity contribution in [3.8, 4) is 5.75 Å². The molecule has 0 aliphatic carbocycles. The maximum absolute atomic E-state index is 12.3. The predicted molar refractivity (Wildman–Crippen MR) is 88.1 cm³/mol. The highest BCUT2D eigenvalue weighted by molar-refractivity contribution is 9.10. The third-order valence-corrected chi connectivity index (χ3v) is 5.02. The topological polar surface area (TPSA) is 92.7 Å². The Bertz CT molecular complexity index is 818. The number of carboxylic acids is 1. The minimum absolute atomic E-state index is 0.101.